The fourth-order valence-electron chi connectivity index (χ4n) is 2.79. The van der Waals surface area contributed by atoms with Gasteiger partial charge in [-0.05, 0) is 32.1 Å². The number of amides is 1. The summed E-state index contributed by atoms with van der Waals surface area (Å²) in [6, 6.07) is 0. The van der Waals surface area contributed by atoms with E-state index in [4.69, 9.17) is 9.72 Å². The van der Waals surface area contributed by atoms with Crippen LogP contribution in [0.4, 0.5) is 0 Å². The zero-order chi connectivity index (χ0) is 13.2. The van der Waals surface area contributed by atoms with Crippen LogP contribution >= 0.6 is 11.3 Å². The summed E-state index contributed by atoms with van der Waals surface area (Å²) in [7, 11) is 1.88. The highest BCUT2D eigenvalue weighted by molar-refractivity contribution is 7.11. The minimum absolute atomic E-state index is 0.0552. The van der Waals surface area contributed by atoms with E-state index in [1.807, 2.05) is 11.9 Å². The van der Waals surface area contributed by atoms with Crippen LogP contribution in [-0.2, 0) is 28.9 Å². The molecule has 1 atom stereocenters. The Morgan fingerprint density at radius 2 is 2.32 bits per heavy atom. The van der Waals surface area contributed by atoms with Gasteiger partial charge in [-0.1, -0.05) is 0 Å². The number of aryl methyl sites for hydroxylation is 2. The molecule has 2 aliphatic rings. The third-order valence-corrected chi connectivity index (χ3v) is 5.06. The summed E-state index contributed by atoms with van der Waals surface area (Å²) < 4.78 is 5.28. The van der Waals surface area contributed by atoms with Crippen LogP contribution in [0.15, 0.2) is 0 Å². The summed E-state index contributed by atoms with van der Waals surface area (Å²) in [4.78, 5) is 20.2. The Hall–Kier alpha value is -0.940. The average molecular weight is 280 g/mol. The number of nitrogens with zero attached hydrogens (tertiary/aromatic N) is 2. The van der Waals surface area contributed by atoms with Gasteiger partial charge in [0.1, 0.15) is 5.01 Å². The second-order valence-corrected chi connectivity index (χ2v) is 6.61. The second-order valence-electron chi connectivity index (χ2n) is 5.44. The molecule has 19 heavy (non-hydrogen) atoms. The molecular weight excluding hydrogens is 260 g/mol. The van der Waals surface area contributed by atoms with Crippen LogP contribution in [0, 0.1) is 5.92 Å². The standard InChI is InChI=1S/C14H20N2O2S/c1-16(14(17)10-6-7-18-9-10)8-13-15-11-4-2-3-5-12(11)19-13/h10H,2-9H2,1H3/t10-/m1/s1. The van der Waals surface area contributed by atoms with Gasteiger partial charge in [-0.3, -0.25) is 4.79 Å². The van der Waals surface area contributed by atoms with E-state index in [9.17, 15) is 4.79 Å². The first-order valence-electron chi connectivity index (χ1n) is 7.04. The first kappa shape index (κ1) is 13.1. The van der Waals surface area contributed by atoms with Crippen molar-refractivity contribution in [2.24, 2.45) is 5.92 Å². The van der Waals surface area contributed by atoms with E-state index in [-0.39, 0.29) is 11.8 Å². The van der Waals surface area contributed by atoms with E-state index in [1.54, 1.807) is 11.3 Å². The molecule has 1 aliphatic carbocycles. The Bertz CT molecular complexity index is 443. The quantitative estimate of drug-likeness (QED) is 0.850. The Labute approximate surface area is 117 Å². The van der Waals surface area contributed by atoms with Gasteiger partial charge < -0.3 is 9.64 Å². The number of fused-ring (bicyclic) bond motifs is 1. The maximum atomic E-state index is 12.2. The van der Waals surface area contributed by atoms with Crippen molar-refractivity contribution < 1.29 is 9.53 Å². The summed E-state index contributed by atoms with van der Waals surface area (Å²) >= 11 is 1.79. The first-order chi connectivity index (χ1) is 9.24. The number of hydrogen-bond donors (Lipinski definition) is 0. The molecule has 1 saturated heterocycles. The van der Waals surface area contributed by atoms with Crippen LogP contribution in [0.3, 0.4) is 0 Å². The summed E-state index contributed by atoms with van der Waals surface area (Å²) in [5.74, 6) is 0.255. The van der Waals surface area contributed by atoms with Crippen LogP contribution in [0.5, 0.6) is 0 Å². The van der Waals surface area contributed by atoms with Crippen molar-refractivity contribution >= 4 is 17.2 Å². The lowest BCUT2D eigenvalue weighted by Gasteiger charge is -2.18. The van der Waals surface area contributed by atoms with E-state index in [2.05, 4.69) is 0 Å². The fraction of sp³-hybridized carbons (Fsp3) is 0.714. The Morgan fingerprint density at radius 3 is 3.05 bits per heavy atom. The minimum Gasteiger partial charge on any atom is -0.381 e. The Kier molecular flexibility index (Phi) is 3.84. The lowest BCUT2D eigenvalue weighted by Crippen LogP contribution is -2.32. The fourth-order valence-corrected chi connectivity index (χ4v) is 4.01. The molecule has 1 aromatic rings. The van der Waals surface area contributed by atoms with Gasteiger partial charge in [-0.25, -0.2) is 4.98 Å². The molecule has 104 valence electrons. The minimum atomic E-state index is 0.0552. The zero-order valence-corrected chi connectivity index (χ0v) is 12.2. The molecule has 0 N–H and O–H groups in total. The molecule has 1 aliphatic heterocycles. The van der Waals surface area contributed by atoms with Gasteiger partial charge in [0, 0.05) is 18.5 Å². The Morgan fingerprint density at radius 1 is 1.47 bits per heavy atom. The van der Waals surface area contributed by atoms with E-state index in [1.165, 1.54) is 29.8 Å². The van der Waals surface area contributed by atoms with Gasteiger partial charge in [0.25, 0.3) is 0 Å². The van der Waals surface area contributed by atoms with Crippen LogP contribution < -0.4 is 0 Å². The van der Waals surface area contributed by atoms with Crippen molar-refractivity contribution in [2.45, 2.75) is 38.6 Å². The lowest BCUT2D eigenvalue weighted by molar-refractivity contribution is -0.134. The Balaban J connectivity index is 1.63. The molecule has 1 fully saturated rings. The van der Waals surface area contributed by atoms with E-state index in [0.29, 0.717) is 13.2 Å². The highest BCUT2D eigenvalue weighted by Gasteiger charge is 2.27. The molecule has 0 radical (unpaired) electrons. The van der Waals surface area contributed by atoms with Gasteiger partial charge in [-0.15, -0.1) is 11.3 Å². The summed E-state index contributed by atoms with van der Waals surface area (Å²) in [6.45, 7) is 1.94. The smallest absolute Gasteiger partial charge is 0.228 e. The highest BCUT2D eigenvalue weighted by Crippen LogP contribution is 2.27. The summed E-state index contributed by atoms with van der Waals surface area (Å²) in [5.41, 5.74) is 1.27. The van der Waals surface area contributed by atoms with Crippen LogP contribution in [0.2, 0.25) is 0 Å². The van der Waals surface area contributed by atoms with Gasteiger partial charge in [0.15, 0.2) is 0 Å². The van der Waals surface area contributed by atoms with Gasteiger partial charge in [0.2, 0.25) is 5.91 Å². The monoisotopic (exact) mass is 280 g/mol. The van der Waals surface area contributed by atoms with Gasteiger partial charge in [-0.2, -0.15) is 0 Å². The van der Waals surface area contributed by atoms with Crippen molar-refractivity contribution in [1.29, 1.82) is 0 Å². The number of hydrogen-bond acceptors (Lipinski definition) is 4. The SMILES string of the molecule is CN(Cc1nc2c(s1)CCCC2)C(=O)[C@@H]1CCOC1. The number of aromatic nitrogens is 1. The lowest BCUT2D eigenvalue weighted by atomic mass is 10.0. The molecule has 1 amide bonds. The molecule has 1 aromatic heterocycles. The highest BCUT2D eigenvalue weighted by atomic mass is 32.1. The number of carbonyl (C=O) groups excluding carboxylic acids is 1. The maximum absolute atomic E-state index is 12.2. The van der Waals surface area contributed by atoms with E-state index in [0.717, 1.165) is 24.5 Å². The van der Waals surface area contributed by atoms with Gasteiger partial charge in [0.05, 0.1) is 24.8 Å². The number of ether oxygens (including phenoxy) is 1. The molecule has 2 heterocycles. The number of rotatable bonds is 3. The van der Waals surface area contributed by atoms with E-state index >= 15 is 0 Å². The van der Waals surface area contributed by atoms with Crippen LogP contribution in [0.25, 0.3) is 0 Å². The van der Waals surface area contributed by atoms with Crippen molar-refractivity contribution in [3.63, 3.8) is 0 Å². The molecule has 3 rings (SSSR count). The predicted molar refractivity (Wildman–Crippen MR) is 74.2 cm³/mol. The normalized spacial score (nSPS) is 22.3. The molecule has 4 nitrogen and oxygen atoms in total. The predicted octanol–water partition coefficient (Wildman–Crippen LogP) is 2.02. The van der Waals surface area contributed by atoms with E-state index < -0.39 is 0 Å². The van der Waals surface area contributed by atoms with Crippen molar-refractivity contribution in [3.8, 4) is 0 Å². The molecule has 0 aromatic carbocycles. The van der Waals surface area contributed by atoms with Gasteiger partial charge >= 0.3 is 0 Å². The first-order valence-corrected chi connectivity index (χ1v) is 7.86. The molecule has 0 spiro atoms. The van der Waals surface area contributed by atoms with Crippen molar-refractivity contribution in [2.75, 3.05) is 20.3 Å². The molecule has 0 unspecified atom stereocenters. The average Bonchev–Trinajstić information content (AvgIpc) is 3.06. The summed E-state index contributed by atoms with van der Waals surface area (Å²) in [5, 5.41) is 1.08. The third-order valence-electron chi connectivity index (χ3n) is 3.92. The summed E-state index contributed by atoms with van der Waals surface area (Å²) in [6.07, 6.45) is 5.67. The molecule has 5 heteroatoms. The molecule has 0 bridgehead atoms. The van der Waals surface area contributed by atoms with Crippen LogP contribution in [-0.4, -0.2) is 36.1 Å². The van der Waals surface area contributed by atoms with Crippen molar-refractivity contribution in [3.05, 3.63) is 15.6 Å². The maximum Gasteiger partial charge on any atom is 0.228 e. The molecular formula is C14H20N2O2S. The zero-order valence-electron chi connectivity index (χ0n) is 11.4. The largest absolute Gasteiger partial charge is 0.381 e. The number of carbonyl (C=O) groups is 1. The third kappa shape index (κ3) is 2.82. The second kappa shape index (κ2) is 5.59. The van der Waals surface area contributed by atoms with Crippen LogP contribution in [0.1, 0.15) is 34.8 Å². The number of thiazole rings is 1. The topological polar surface area (TPSA) is 42.4 Å². The molecule has 0 saturated carbocycles. The van der Waals surface area contributed by atoms with Crippen molar-refractivity contribution in [1.82, 2.24) is 9.88 Å².